The van der Waals surface area contributed by atoms with Crippen LogP contribution in [0.15, 0.2) is 60.7 Å². The number of aryl methyl sites for hydroxylation is 2. The molecular weight excluding hydrogens is 422 g/mol. The largest absolute Gasteiger partial charge is 0.207 e. The third-order valence-corrected chi connectivity index (χ3v) is 5.76. The summed E-state index contributed by atoms with van der Waals surface area (Å²) < 4.78 is 28.9. The quantitative estimate of drug-likeness (QED) is 0.237. The van der Waals surface area contributed by atoms with E-state index < -0.39 is 5.82 Å². The summed E-state index contributed by atoms with van der Waals surface area (Å²) in [5.74, 6) is 11.2. The molecule has 0 N–H and O–H groups in total. The van der Waals surface area contributed by atoms with Gasteiger partial charge in [-0.1, -0.05) is 87.8 Å². The summed E-state index contributed by atoms with van der Waals surface area (Å²) in [6, 6.07) is 17.9. The molecule has 0 unspecified atom stereocenters. The van der Waals surface area contributed by atoms with E-state index in [1.807, 2.05) is 24.3 Å². The van der Waals surface area contributed by atoms with Crippen molar-refractivity contribution in [3.8, 4) is 23.7 Å². The van der Waals surface area contributed by atoms with Crippen LogP contribution in [0.25, 0.3) is 0 Å². The zero-order chi connectivity index (χ0) is 24.2. The lowest BCUT2D eigenvalue weighted by molar-refractivity contribution is 0.587. The van der Waals surface area contributed by atoms with Crippen LogP contribution in [0.1, 0.15) is 85.8 Å². The number of benzene rings is 3. The Labute approximate surface area is 203 Å². The summed E-state index contributed by atoms with van der Waals surface area (Å²) in [7, 11) is 0. The van der Waals surface area contributed by atoms with Crippen molar-refractivity contribution in [1.29, 1.82) is 0 Å². The molecule has 0 aliphatic heterocycles. The van der Waals surface area contributed by atoms with Crippen molar-refractivity contribution in [3.05, 3.63) is 106 Å². The second-order valence-corrected chi connectivity index (χ2v) is 8.61. The van der Waals surface area contributed by atoms with Crippen molar-refractivity contribution >= 4 is 0 Å². The van der Waals surface area contributed by atoms with Crippen LogP contribution in [-0.2, 0) is 12.8 Å². The van der Waals surface area contributed by atoms with Gasteiger partial charge in [-0.25, -0.2) is 8.78 Å². The third-order valence-electron chi connectivity index (χ3n) is 5.76. The molecule has 0 radical (unpaired) electrons. The predicted molar refractivity (Wildman–Crippen MR) is 138 cm³/mol. The molecule has 0 spiro atoms. The van der Waals surface area contributed by atoms with Crippen LogP contribution >= 0.6 is 0 Å². The monoisotopic (exact) mass is 454 g/mol. The molecule has 0 aromatic heterocycles. The molecule has 3 aromatic rings. The Morgan fingerprint density at radius 1 is 0.559 bits per heavy atom. The van der Waals surface area contributed by atoms with Gasteiger partial charge in [0, 0.05) is 16.7 Å². The first-order valence-corrected chi connectivity index (χ1v) is 12.3. The van der Waals surface area contributed by atoms with Gasteiger partial charge >= 0.3 is 0 Å². The Hall–Kier alpha value is -3.36. The van der Waals surface area contributed by atoms with Gasteiger partial charge in [-0.2, -0.15) is 0 Å². The number of hydrogen-bond donors (Lipinski definition) is 0. The lowest BCUT2D eigenvalue weighted by Crippen LogP contribution is -1.92. The molecule has 0 heterocycles. The second kappa shape index (κ2) is 13.4. The van der Waals surface area contributed by atoms with Crippen molar-refractivity contribution in [2.24, 2.45) is 0 Å². The lowest BCUT2D eigenvalue weighted by atomic mass is 10.0. The summed E-state index contributed by atoms with van der Waals surface area (Å²) in [4.78, 5) is 0. The predicted octanol–water partition coefficient (Wildman–Crippen LogP) is 8.23. The minimum absolute atomic E-state index is 0.221. The average Bonchev–Trinajstić information content (AvgIpc) is 2.84. The summed E-state index contributed by atoms with van der Waals surface area (Å²) in [5, 5.41) is 0. The maximum atomic E-state index is 14.5. The fraction of sp³-hybridized carbons (Fsp3) is 0.312. The molecule has 0 saturated heterocycles. The van der Waals surface area contributed by atoms with E-state index in [-0.39, 0.29) is 5.82 Å². The summed E-state index contributed by atoms with van der Waals surface area (Å²) in [5.41, 5.74) is 4.32. The van der Waals surface area contributed by atoms with Crippen LogP contribution in [0.3, 0.4) is 0 Å². The van der Waals surface area contributed by atoms with Gasteiger partial charge in [0.1, 0.15) is 11.6 Å². The second-order valence-electron chi connectivity index (χ2n) is 8.61. The van der Waals surface area contributed by atoms with E-state index in [2.05, 4.69) is 49.7 Å². The first kappa shape index (κ1) is 25.3. The van der Waals surface area contributed by atoms with E-state index in [4.69, 9.17) is 0 Å². The van der Waals surface area contributed by atoms with E-state index in [9.17, 15) is 8.78 Å². The molecule has 0 nitrogen and oxygen atoms in total. The van der Waals surface area contributed by atoms with Crippen molar-refractivity contribution in [1.82, 2.24) is 0 Å². The number of unbranched alkanes of at least 4 members (excludes halogenated alkanes) is 4. The first-order chi connectivity index (χ1) is 16.6. The van der Waals surface area contributed by atoms with E-state index in [1.165, 1.54) is 37.0 Å². The van der Waals surface area contributed by atoms with E-state index in [0.717, 1.165) is 43.2 Å². The minimum Gasteiger partial charge on any atom is -0.207 e. The zero-order valence-electron chi connectivity index (χ0n) is 20.2. The van der Waals surface area contributed by atoms with Crippen LogP contribution in [0, 0.1) is 35.3 Å². The zero-order valence-corrected chi connectivity index (χ0v) is 20.2. The average molecular weight is 455 g/mol. The SMILES string of the molecule is CCCCCCCc1ccc(C#Cc2ccc(C#Cc3ccc(CCC)cc3)c(F)c2)cc1F. The normalized spacial score (nSPS) is 10.2. The maximum Gasteiger partial charge on any atom is 0.140 e. The van der Waals surface area contributed by atoms with Gasteiger partial charge in [-0.05, 0) is 72.9 Å². The van der Waals surface area contributed by atoms with E-state index >= 15 is 0 Å². The molecule has 0 aliphatic carbocycles. The molecule has 0 aliphatic rings. The Balaban J connectivity index is 1.63. The van der Waals surface area contributed by atoms with Gasteiger partial charge in [0.25, 0.3) is 0 Å². The van der Waals surface area contributed by atoms with Crippen molar-refractivity contribution < 1.29 is 8.78 Å². The van der Waals surface area contributed by atoms with E-state index in [1.54, 1.807) is 12.1 Å². The van der Waals surface area contributed by atoms with E-state index in [0.29, 0.717) is 16.7 Å². The fourth-order valence-corrected chi connectivity index (χ4v) is 3.77. The number of hydrogen-bond acceptors (Lipinski definition) is 0. The van der Waals surface area contributed by atoms with Crippen LogP contribution < -0.4 is 0 Å². The number of rotatable bonds is 8. The highest BCUT2D eigenvalue weighted by atomic mass is 19.1. The molecule has 3 aromatic carbocycles. The lowest BCUT2D eigenvalue weighted by Gasteiger charge is -2.04. The fourth-order valence-electron chi connectivity index (χ4n) is 3.77. The van der Waals surface area contributed by atoms with Crippen LogP contribution in [0.2, 0.25) is 0 Å². The molecule has 174 valence electrons. The molecule has 2 heteroatoms. The molecular formula is C32H32F2. The summed E-state index contributed by atoms with van der Waals surface area (Å²) >= 11 is 0. The molecule has 0 fully saturated rings. The highest BCUT2D eigenvalue weighted by Gasteiger charge is 2.04. The molecule has 0 amide bonds. The molecule has 0 atom stereocenters. The molecule has 34 heavy (non-hydrogen) atoms. The highest BCUT2D eigenvalue weighted by molar-refractivity contribution is 5.49. The smallest absolute Gasteiger partial charge is 0.140 e. The molecule has 0 saturated carbocycles. The van der Waals surface area contributed by atoms with Crippen molar-refractivity contribution in [2.45, 2.75) is 65.2 Å². The van der Waals surface area contributed by atoms with Gasteiger partial charge in [0.15, 0.2) is 0 Å². The summed E-state index contributed by atoms with van der Waals surface area (Å²) in [6.45, 7) is 4.33. The Kier molecular flexibility index (Phi) is 9.94. The Bertz CT molecular complexity index is 1200. The Morgan fingerprint density at radius 3 is 1.82 bits per heavy atom. The van der Waals surface area contributed by atoms with Crippen molar-refractivity contribution in [2.75, 3.05) is 0 Å². The summed E-state index contributed by atoms with van der Waals surface area (Å²) in [6.07, 6.45) is 8.67. The number of halogens is 2. The van der Waals surface area contributed by atoms with Crippen LogP contribution in [0.4, 0.5) is 8.78 Å². The van der Waals surface area contributed by atoms with Crippen LogP contribution in [0.5, 0.6) is 0 Å². The van der Waals surface area contributed by atoms with Gasteiger partial charge in [-0.3, -0.25) is 0 Å². The topological polar surface area (TPSA) is 0 Å². The van der Waals surface area contributed by atoms with Gasteiger partial charge < -0.3 is 0 Å². The maximum absolute atomic E-state index is 14.5. The third kappa shape index (κ3) is 7.90. The standard InChI is InChI=1S/C32H32F2/c1-3-5-6-7-8-10-29-21-18-27(23-31(29)33)15-16-28-19-22-30(32(34)24-28)20-17-26-13-11-25(9-4-2)12-14-26/h11-14,18-19,21-24H,3-10H2,1-2H3. The van der Waals surface area contributed by atoms with Crippen LogP contribution in [-0.4, -0.2) is 0 Å². The first-order valence-electron chi connectivity index (χ1n) is 12.3. The van der Waals surface area contributed by atoms with Crippen molar-refractivity contribution in [3.63, 3.8) is 0 Å². The Morgan fingerprint density at radius 2 is 1.18 bits per heavy atom. The van der Waals surface area contributed by atoms with Gasteiger partial charge in [0.05, 0.1) is 5.56 Å². The molecule has 0 bridgehead atoms. The van der Waals surface area contributed by atoms with Gasteiger partial charge in [-0.15, -0.1) is 0 Å². The molecule has 3 rings (SSSR count). The minimum atomic E-state index is -0.411. The highest BCUT2D eigenvalue weighted by Crippen LogP contribution is 2.15. The van der Waals surface area contributed by atoms with Gasteiger partial charge in [0.2, 0.25) is 0 Å².